The van der Waals surface area contributed by atoms with Crippen LogP contribution in [0, 0.1) is 6.92 Å². The van der Waals surface area contributed by atoms with Gasteiger partial charge in [-0.25, -0.2) is 9.97 Å². The molecule has 2 aromatic heterocycles. The predicted molar refractivity (Wildman–Crippen MR) is 93.1 cm³/mol. The lowest BCUT2D eigenvalue weighted by atomic mass is 9.95. The summed E-state index contributed by atoms with van der Waals surface area (Å²) in [4.78, 5) is 27.2. The van der Waals surface area contributed by atoms with Crippen molar-refractivity contribution in [2.24, 2.45) is 0 Å². The first-order valence-electron chi connectivity index (χ1n) is 8.46. The van der Waals surface area contributed by atoms with E-state index >= 15 is 0 Å². The Morgan fingerprint density at radius 3 is 2.88 bits per heavy atom. The molecule has 0 aliphatic carbocycles. The Morgan fingerprint density at radius 1 is 1.29 bits per heavy atom. The van der Waals surface area contributed by atoms with Crippen LogP contribution >= 0.6 is 0 Å². The normalized spacial score (nSPS) is 17.6. The molecular weight excluding hydrogens is 302 g/mol. The van der Waals surface area contributed by atoms with Gasteiger partial charge in [-0.2, -0.15) is 0 Å². The number of hydrogen-bond donors (Lipinski definition) is 1. The molecule has 24 heavy (non-hydrogen) atoms. The van der Waals surface area contributed by atoms with Gasteiger partial charge in [-0.3, -0.25) is 9.78 Å². The van der Waals surface area contributed by atoms with E-state index in [-0.39, 0.29) is 11.8 Å². The Kier molecular flexibility index (Phi) is 5.03. The number of nitrogens with zero attached hydrogens (tertiary/aromatic N) is 4. The molecule has 0 spiro atoms. The third kappa shape index (κ3) is 3.88. The smallest absolute Gasteiger partial charge is 0.222 e. The average Bonchev–Trinajstić information content (AvgIpc) is 2.62. The molecular formula is C18H23N5O. The summed E-state index contributed by atoms with van der Waals surface area (Å²) in [5.41, 5.74) is 1.90. The Labute approximate surface area is 142 Å². The standard InChI is InChI=1S/C18H23N5O/c1-3-18(24)23-9-5-7-14(12-23)15-10-20-17(11-19-15)22-16-8-4-6-13(2)21-16/h4,6,8,10-11,14H,3,5,7,9,12H2,1-2H3,(H,20,21,22). The van der Waals surface area contributed by atoms with Crippen LogP contribution in [0.2, 0.25) is 0 Å². The lowest BCUT2D eigenvalue weighted by Gasteiger charge is -2.32. The summed E-state index contributed by atoms with van der Waals surface area (Å²) in [5, 5.41) is 3.16. The minimum Gasteiger partial charge on any atom is -0.342 e. The van der Waals surface area contributed by atoms with Crippen molar-refractivity contribution in [1.82, 2.24) is 19.9 Å². The van der Waals surface area contributed by atoms with Gasteiger partial charge in [0.25, 0.3) is 0 Å². The van der Waals surface area contributed by atoms with Crippen LogP contribution in [-0.2, 0) is 4.79 Å². The second kappa shape index (κ2) is 7.38. The highest BCUT2D eigenvalue weighted by Crippen LogP contribution is 2.26. The number of likely N-dealkylation sites (tertiary alicyclic amines) is 1. The number of anilines is 2. The molecule has 1 aliphatic rings. The maximum atomic E-state index is 11.9. The van der Waals surface area contributed by atoms with Gasteiger partial charge >= 0.3 is 0 Å². The van der Waals surface area contributed by atoms with Gasteiger partial charge in [0, 0.05) is 31.1 Å². The monoisotopic (exact) mass is 325 g/mol. The van der Waals surface area contributed by atoms with E-state index in [1.807, 2.05) is 43.1 Å². The van der Waals surface area contributed by atoms with Crippen molar-refractivity contribution in [3.05, 3.63) is 42.0 Å². The average molecular weight is 325 g/mol. The minimum absolute atomic E-state index is 0.219. The number of carbonyl (C=O) groups is 1. The fourth-order valence-corrected chi connectivity index (χ4v) is 3.03. The van der Waals surface area contributed by atoms with Crippen molar-refractivity contribution in [2.45, 2.75) is 39.0 Å². The third-order valence-electron chi connectivity index (χ3n) is 4.31. The van der Waals surface area contributed by atoms with E-state index in [0.717, 1.165) is 43.1 Å². The molecule has 2 aromatic rings. The molecule has 1 fully saturated rings. The molecule has 1 saturated heterocycles. The summed E-state index contributed by atoms with van der Waals surface area (Å²) in [5.74, 6) is 1.92. The molecule has 0 saturated carbocycles. The number of amides is 1. The van der Waals surface area contributed by atoms with Gasteiger partial charge in [0.1, 0.15) is 11.6 Å². The number of aryl methyl sites for hydroxylation is 1. The summed E-state index contributed by atoms with van der Waals surface area (Å²) in [6, 6.07) is 5.80. The first-order chi connectivity index (χ1) is 11.7. The molecule has 6 heteroatoms. The second-order valence-corrected chi connectivity index (χ2v) is 6.15. The van der Waals surface area contributed by atoms with E-state index in [4.69, 9.17) is 0 Å². The molecule has 126 valence electrons. The number of aromatic nitrogens is 3. The lowest BCUT2D eigenvalue weighted by molar-refractivity contribution is -0.132. The molecule has 6 nitrogen and oxygen atoms in total. The van der Waals surface area contributed by atoms with Crippen LogP contribution in [-0.4, -0.2) is 38.8 Å². The molecule has 1 unspecified atom stereocenters. The Morgan fingerprint density at radius 2 is 2.17 bits per heavy atom. The molecule has 1 N–H and O–H groups in total. The maximum absolute atomic E-state index is 11.9. The van der Waals surface area contributed by atoms with E-state index in [1.54, 1.807) is 6.20 Å². The summed E-state index contributed by atoms with van der Waals surface area (Å²) < 4.78 is 0. The van der Waals surface area contributed by atoms with Crippen molar-refractivity contribution in [2.75, 3.05) is 18.4 Å². The SMILES string of the molecule is CCC(=O)N1CCCC(c2cnc(Nc3cccc(C)n3)cn2)C1. The van der Waals surface area contributed by atoms with Crippen LogP contribution in [0.3, 0.4) is 0 Å². The highest BCUT2D eigenvalue weighted by Gasteiger charge is 2.24. The van der Waals surface area contributed by atoms with E-state index in [0.29, 0.717) is 12.2 Å². The van der Waals surface area contributed by atoms with Crippen LogP contribution < -0.4 is 5.32 Å². The molecule has 0 bridgehead atoms. The van der Waals surface area contributed by atoms with Gasteiger partial charge in [-0.05, 0) is 31.9 Å². The Hall–Kier alpha value is -2.50. The molecule has 1 amide bonds. The zero-order valence-corrected chi connectivity index (χ0v) is 14.2. The fraction of sp³-hybridized carbons (Fsp3) is 0.444. The summed E-state index contributed by atoms with van der Waals surface area (Å²) in [6.45, 7) is 5.46. The summed E-state index contributed by atoms with van der Waals surface area (Å²) >= 11 is 0. The van der Waals surface area contributed by atoms with E-state index in [9.17, 15) is 4.79 Å². The van der Waals surface area contributed by atoms with Crippen LogP contribution in [0.4, 0.5) is 11.6 Å². The number of hydrogen-bond acceptors (Lipinski definition) is 5. The molecule has 1 aliphatic heterocycles. The predicted octanol–water partition coefficient (Wildman–Crippen LogP) is 3.04. The lowest BCUT2D eigenvalue weighted by Crippen LogP contribution is -2.38. The van der Waals surface area contributed by atoms with Crippen LogP contribution in [0.15, 0.2) is 30.6 Å². The van der Waals surface area contributed by atoms with Gasteiger partial charge in [-0.1, -0.05) is 13.0 Å². The highest BCUT2D eigenvalue weighted by molar-refractivity contribution is 5.76. The van der Waals surface area contributed by atoms with Gasteiger partial charge in [-0.15, -0.1) is 0 Å². The number of piperidine rings is 1. The molecule has 3 heterocycles. The van der Waals surface area contributed by atoms with Gasteiger partial charge in [0.2, 0.25) is 5.91 Å². The fourth-order valence-electron chi connectivity index (χ4n) is 3.03. The largest absolute Gasteiger partial charge is 0.342 e. The number of rotatable bonds is 4. The van der Waals surface area contributed by atoms with Crippen LogP contribution in [0.1, 0.15) is 43.5 Å². The highest BCUT2D eigenvalue weighted by atomic mass is 16.2. The van der Waals surface area contributed by atoms with Crippen LogP contribution in [0.5, 0.6) is 0 Å². The van der Waals surface area contributed by atoms with E-state index in [1.165, 1.54) is 0 Å². The van der Waals surface area contributed by atoms with E-state index < -0.39 is 0 Å². The Bertz CT molecular complexity index is 701. The van der Waals surface area contributed by atoms with Crippen molar-refractivity contribution in [3.63, 3.8) is 0 Å². The molecule has 0 aromatic carbocycles. The first kappa shape index (κ1) is 16.4. The number of pyridine rings is 1. The van der Waals surface area contributed by atoms with Crippen molar-refractivity contribution in [3.8, 4) is 0 Å². The van der Waals surface area contributed by atoms with Gasteiger partial charge in [0.15, 0.2) is 0 Å². The zero-order valence-electron chi connectivity index (χ0n) is 14.2. The van der Waals surface area contributed by atoms with Crippen molar-refractivity contribution < 1.29 is 4.79 Å². The number of nitrogens with one attached hydrogen (secondary N) is 1. The van der Waals surface area contributed by atoms with E-state index in [2.05, 4.69) is 20.3 Å². The summed E-state index contributed by atoms with van der Waals surface area (Å²) in [7, 11) is 0. The number of carbonyl (C=O) groups excluding carboxylic acids is 1. The topological polar surface area (TPSA) is 71.0 Å². The summed E-state index contributed by atoms with van der Waals surface area (Å²) in [6.07, 6.45) is 6.17. The zero-order chi connectivity index (χ0) is 16.9. The molecule has 3 rings (SSSR count). The quantitative estimate of drug-likeness (QED) is 0.935. The van der Waals surface area contributed by atoms with Gasteiger partial charge < -0.3 is 10.2 Å². The Balaban J connectivity index is 1.66. The molecule has 1 atom stereocenters. The third-order valence-corrected chi connectivity index (χ3v) is 4.31. The second-order valence-electron chi connectivity index (χ2n) is 6.15. The van der Waals surface area contributed by atoms with Crippen LogP contribution in [0.25, 0.3) is 0 Å². The minimum atomic E-state index is 0.219. The molecule has 0 radical (unpaired) electrons. The van der Waals surface area contributed by atoms with Crippen molar-refractivity contribution >= 4 is 17.5 Å². The van der Waals surface area contributed by atoms with Gasteiger partial charge in [0.05, 0.1) is 18.1 Å². The first-order valence-corrected chi connectivity index (χ1v) is 8.46. The maximum Gasteiger partial charge on any atom is 0.222 e. The van der Waals surface area contributed by atoms with Crippen molar-refractivity contribution in [1.29, 1.82) is 0 Å².